The van der Waals surface area contributed by atoms with Crippen molar-refractivity contribution in [3.63, 3.8) is 0 Å². The minimum absolute atomic E-state index is 0.0112. The maximum absolute atomic E-state index is 12.7. The molecule has 2 aromatic carbocycles. The molecule has 1 amide bonds. The fourth-order valence-electron chi connectivity index (χ4n) is 2.21. The van der Waals surface area contributed by atoms with E-state index in [2.05, 4.69) is 10.0 Å². The Labute approximate surface area is 159 Å². The van der Waals surface area contributed by atoms with Gasteiger partial charge in [-0.05, 0) is 56.9 Å². The number of nitrogens with one attached hydrogen (secondary N) is 2. The lowest BCUT2D eigenvalue weighted by atomic mass is 10.2. The summed E-state index contributed by atoms with van der Waals surface area (Å²) >= 11 is 5.94. The highest BCUT2D eigenvalue weighted by Gasteiger charge is 2.17. The molecule has 0 aliphatic rings. The van der Waals surface area contributed by atoms with Gasteiger partial charge < -0.3 is 10.2 Å². The van der Waals surface area contributed by atoms with Gasteiger partial charge in [-0.1, -0.05) is 23.7 Å². The lowest BCUT2D eigenvalue weighted by Gasteiger charge is -2.13. The van der Waals surface area contributed by atoms with Crippen molar-refractivity contribution in [2.45, 2.75) is 11.8 Å². The first kappa shape index (κ1) is 20.2. The summed E-state index contributed by atoms with van der Waals surface area (Å²) in [6.45, 7) is 2.95. The van der Waals surface area contributed by atoms with Crippen LogP contribution in [0.2, 0.25) is 5.02 Å². The Morgan fingerprint density at radius 2 is 1.88 bits per heavy atom. The smallest absolute Gasteiger partial charge is 0.261 e. The van der Waals surface area contributed by atoms with Gasteiger partial charge in [-0.2, -0.15) is 0 Å². The second-order valence-corrected chi connectivity index (χ2v) is 8.27. The molecule has 2 aromatic rings. The first-order valence-corrected chi connectivity index (χ1v) is 9.87. The SMILES string of the molecule is Cc1ccc(Cl)cc1NS(=O)(=O)c1cccc(C(=O)NCCN(C)C)c1. The topological polar surface area (TPSA) is 78.5 Å². The van der Waals surface area contributed by atoms with Crippen LogP contribution in [0.4, 0.5) is 5.69 Å². The number of likely N-dealkylation sites (N-methyl/N-ethyl adjacent to an activating group) is 1. The molecule has 8 heteroatoms. The van der Waals surface area contributed by atoms with Crippen LogP contribution in [0.3, 0.4) is 0 Å². The molecule has 2 rings (SSSR count). The predicted molar refractivity (Wildman–Crippen MR) is 104 cm³/mol. The highest BCUT2D eigenvalue weighted by atomic mass is 35.5. The zero-order valence-corrected chi connectivity index (χ0v) is 16.5. The van der Waals surface area contributed by atoms with Crippen LogP contribution in [0, 0.1) is 6.92 Å². The Balaban J connectivity index is 2.19. The number of aryl methyl sites for hydroxylation is 1. The van der Waals surface area contributed by atoms with Crippen LogP contribution >= 0.6 is 11.6 Å². The van der Waals surface area contributed by atoms with Crippen molar-refractivity contribution in [2.24, 2.45) is 0 Å². The van der Waals surface area contributed by atoms with Gasteiger partial charge in [0, 0.05) is 23.7 Å². The number of carbonyl (C=O) groups is 1. The van der Waals surface area contributed by atoms with Gasteiger partial charge in [0.1, 0.15) is 0 Å². The summed E-state index contributed by atoms with van der Waals surface area (Å²) in [5.74, 6) is -0.317. The molecule has 0 aliphatic heterocycles. The van der Waals surface area contributed by atoms with Crippen LogP contribution < -0.4 is 10.0 Å². The number of hydrogen-bond donors (Lipinski definition) is 2. The Bertz CT molecular complexity index is 898. The normalized spacial score (nSPS) is 11.4. The summed E-state index contributed by atoms with van der Waals surface area (Å²) in [5.41, 5.74) is 1.43. The van der Waals surface area contributed by atoms with E-state index in [9.17, 15) is 13.2 Å². The molecule has 0 aromatic heterocycles. The zero-order valence-electron chi connectivity index (χ0n) is 14.9. The number of anilines is 1. The summed E-state index contributed by atoms with van der Waals surface area (Å²) < 4.78 is 27.8. The van der Waals surface area contributed by atoms with Gasteiger partial charge in [-0.15, -0.1) is 0 Å². The summed E-state index contributed by atoms with van der Waals surface area (Å²) in [6, 6.07) is 10.9. The molecule has 0 unspecified atom stereocenters. The van der Waals surface area contributed by atoms with Crippen molar-refractivity contribution in [3.8, 4) is 0 Å². The minimum atomic E-state index is -3.84. The minimum Gasteiger partial charge on any atom is -0.351 e. The number of rotatable bonds is 7. The predicted octanol–water partition coefficient (Wildman–Crippen LogP) is 2.74. The third-order valence-corrected chi connectivity index (χ3v) is 5.29. The molecule has 0 aliphatic carbocycles. The maximum atomic E-state index is 12.7. The van der Waals surface area contributed by atoms with Gasteiger partial charge in [0.05, 0.1) is 10.6 Å². The summed E-state index contributed by atoms with van der Waals surface area (Å²) in [7, 11) is -0.0282. The molecule has 2 N–H and O–H groups in total. The van der Waals surface area contributed by atoms with E-state index in [0.29, 0.717) is 23.8 Å². The van der Waals surface area contributed by atoms with Crippen molar-refractivity contribution >= 4 is 33.2 Å². The Morgan fingerprint density at radius 1 is 1.15 bits per heavy atom. The van der Waals surface area contributed by atoms with E-state index in [4.69, 9.17) is 11.6 Å². The van der Waals surface area contributed by atoms with E-state index in [-0.39, 0.29) is 16.4 Å². The average molecular weight is 396 g/mol. The lowest BCUT2D eigenvalue weighted by Crippen LogP contribution is -2.31. The third kappa shape index (κ3) is 5.45. The fraction of sp³-hybridized carbons (Fsp3) is 0.278. The largest absolute Gasteiger partial charge is 0.351 e. The Hall–Kier alpha value is -2.09. The number of halogens is 1. The van der Waals surface area contributed by atoms with E-state index >= 15 is 0 Å². The van der Waals surface area contributed by atoms with Gasteiger partial charge in [-0.3, -0.25) is 9.52 Å². The second-order valence-electron chi connectivity index (χ2n) is 6.15. The standard InChI is InChI=1S/C18H22ClN3O3S/c1-13-7-8-15(19)12-17(13)21-26(24,25)16-6-4-5-14(11-16)18(23)20-9-10-22(2)3/h4-8,11-12,21H,9-10H2,1-3H3,(H,20,23). The zero-order chi connectivity index (χ0) is 19.3. The van der Waals surface area contributed by atoms with Crippen LogP contribution in [-0.2, 0) is 10.0 Å². The van der Waals surface area contributed by atoms with Crippen LogP contribution in [0.25, 0.3) is 0 Å². The molecule has 0 atom stereocenters. The van der Waals surface area contributed by atoms with Gasteiger partial charge in [-0.25, -0.2) is 8.42 Å². The molecule has 0 spiro atoms. The van der Waals surface area contributed by atoms with E-state index in [1.165, 1.54) is 12.1 Å². The number of hydrogen-bond acceptors (Lipinski definition) is 4. The second kappa shape index (κ2) is 8.53. The van der Waals surface area contributed by atoms with Crippen LogP contribution in [0.15, 0.2) is 47.4 Å². The van der Waals surface area contributed by atoms with E-state index in [0.717, 1.165) is 5.56 Å². The molecule has 6 nitrogen and oxygen atoms in total. The van der Waals surface area contributed by atoms with Crippen molar-refractivity contribution in [1.82, 2.24) is 10.2 Å². The summed E-state index contributed by atoms with van der Waals surface area (Å²) in [4.78, 5) is 14.2. The lowest BCUT2D eigenvalue weighted by molar-refractivity contribution is 0.0951. The van der Waals surface area contributed by atoms with Crippen molar-refractivity contribution in [3.05, 3.63) is 58.6 Å². The van der Waals surface area contributed by atoms with Crippen LogP contribution in [-0.4, -0.2) is 46.4 Å². The highest BCUT2D eigenvalue weighted by Crippen LogP contribution is 2.23. The number of amides is 1. The number of nitrogens with zero attached hydrogens (tertiary/aromatic N) is 1. The maximum Gasteiger partial charge on any atom is 0.261 e. The summed E-state index contributed by atoms with van der Waals surface area (Å²) in [6.07, 6.45) is 0. The average Bonchev–Trinajstić information content (AvgIpc) is 2.57. The quantitative estimate of drug-likeness (QED) is 0.755. The van der Waals surface area contributed by atoms with Gasteiger partial charge in [0.25, 0.3) is 15.9 Å². The fourth-order valence-corrected chi connectivity index (χ4v) is 3.55. The number of benzene rings is 2. The Kier molecular flexibility index (Phi) is 6.63. The molecule has 140 valence electrons. The molecular formula is C18H22ClN3O3S. The van der Waals surface area contributed by atoms with Crippen LogP contribution in [0.5, 0.6) is 0 Å². The van der Waals surface area contributed by atoms with Crippen LogP contribution in [0.1, 0.15) is 15.9 Å². The first-order valence-electron chi connectivity index (χ1n) is 8.01. The van der Waals surface area contributed by atoms with Gasteiger partial charge in [0.15, 0.2) is 0 Å². The molecule has 0 bridgehead atoms. The van der Waals surface area contributed by atoms with Crippen molar-refractivity contribution < 1.29 is 13.2 Å². The van der Waals surface area contributed by atoms with Crippen molar-refractivity contribution in [2.75, 3.05) is 31.9 Å². The number of carbonyl (C=O) groups excluding carboxylic acids is 1. The Morgan fingerprint density at radius 3 is 2.58 bits per heavy atom. The molecule has 0 radical (unpaired) electrons. The highest BCUT2D eigenvalue weighted by molar-refractivity contribution is 7.92. The van der Waals surface area contributed by atoms with E-state index < -0.39 is 10.0 Å². The molecule has 0 saturated carbocycles. The van der Waals surface area contributed by atoms with E-state index in [1.54, 1.807) is 37.3 Å². The molecule has 0 saturated heterocycles. The molecule has 0 heterocycles. The van der Waals surface area contributed by atoms with Gasteiger partial charge in [0.2, 0.25) is 0 Å². The summed E-state index contributed by atoms with van der Waals surface area (Å²) in [5, 5.41) is 3.19. The molecular weight excluding hydrogens is 374 g/mol. The van der Waals surface area contributed by atoms with Gasteiger partial charge >= 0.3 is 0 Å². The first-order chi connectivity index (χ1) is 12.2. The molecule has 26 heavy (non-hydrogen) atoms. The number of sulfonamides is 1. The molecule has 0 fully saturated rings. The van der Waals surface area contributed by atoms with Crippen molar-refractivity contribution in [1.29, 1.82) is 0 Å². The van der Waals surface area contributed by atoms with E-state index in [1.807, 2.05) is 19.0 Å². The monoisotopic (exact) mass is 395 g/mol. The third-order valence-electron chi connectivity index (χ3n) is 3.70.